The first-order valence-corrected chi connectivity index (χ1v) is 12.3. The molecule has 30 heavy (non-hydrogen) atoms. The highest BCUT2D eigenvalue weighted by molar-refractivity contribution is 7.90. The van der Waals surface area contributed by atoms with Crippen molar-refractivity contribution in [3.63, 3.8) is 0 Å². The van der Waals surface area contributed by atoms with Crippen LogP contribution in [0.4, 0.5) is 5.69 Å². The van der Waals surface area contributed by atoms with Crippen LogP contribution in [-0.2, 0) is 20.1 Å². The Morgan fingerprint density at radius 2 is 1.83 bits per heavy atom. The largest absolute Gasteiger partial charge is 0.379 e. The molecule has 0 aromatic heterocycles. The van der Waals surface area contributed by atoms with Gasteiger partial charge in [0.15, 0.2) is 0 Å². The zero-order chi connectivity index (χ0) is 21.5. The molecule has 1 saturated heterocycles. The van der Waals surface area contributed by atoms with E-state index in [1.54, 1.807) is 25.1 Å². The summed E-state index contributed by atoms with van der Waals surface area (Å²) in [5, 5.41) is 3.65. The lowest BCUT2D eigenvalue weighted by Crippen LogP contribution is -2.28. The molecule has 158 valence electrons. The predicted octanol–water partition coefficient (Wildman–Crippen LogP) is 2.72. The molecule has 4 rings (SSSR count). The topological polar surface area (TPSA) is 110 Å². The summed E-state index contributed by atoms with van der Waals surface area (Å²) >= 11 is 0. The van der Waals surface area contributed by atoms with Crippen LogP contribution in [0.2, 0.25) is 0 Å². The number of nitrogens with zero attached hydrogens (tertiary/aromatic N) is 1. The fourth-order valence-electron chi connectivity index (χ4n) is 3.43. The number of sulfonamides is 1. The Kier molecular flexibility index (Phi) is 5.16. The van der Waals surface area contributed by atoms with Gasteiger partial charge in [0, 0.05) is 29.9 Å². The average molecular weight is 449 g/mol. The summed E-state index contributed by atoms with van der Waals surface area (Å²) in [6, 6.07) is 9.13. The molecule has 0 atom stereocenters. The molecule has 2 aliphatic heterocycles. The molecule has 0 radical (unpaired) electrons. The molecule has 1 amide bonds. The van der Waals surface area contributed by atoms with E-state index in [2.05, 4.69) is 5.32 Å². The van der Waals surface area contributed by atoms with Crippen molar-refractivity contribution >= 4 is 37.8 Å². The number of amides is 1. The van der Waals surface area contributed by atoms with Gasteiger partial charge >= 0.3 is 10.1 Å². The van der Waals surface area contributed by atoms with Crippen LogP contribution in [0.25, 0.3) is 6.08 Å². The van der Waals surface area contributed by atoms with Crippen LogP contribution >= 0.6 is 0 Å². The van der Waals surface area contributed by atoms with E-state index in [9.17, 15) is 21.6 Å². The number of carbonyl (C=O) groups excluding carboxylic acids is 1. The van der Waals surface area contributed by atoms with Gasteiger partial charge in [0.1, 0.15) is 5.75 Å². The third-order valence-electron chi connectivity index (χ3n) is 5.02. The molecule has 0 unspecified atom stereocenters. The minimum atomic E-state index is -3.73. The SMILES string of the molecule is Cc1ccc(C(=O)Nc2ccc3c(c2)C=CS(=O)(=O)O3)cc1S(=O)(=O)N1CCCC1. The van der Waals surface area contributed by atoms with Gasteiger partial charge in [-0.3, -0.25) is 4.79 Å². The van der Waals surface area contributed by atoms with E-state index in [0.717, 1.165) is 18.2 Å². The van der Waals surface area contributed by atoms with Crippen molar-refractivity contribution < 1.29 is 25.8 Å². The number of hydrogen-bond donors (Lipinski definition) is 1. The van der Waals surface area contributed by atoms with Gasteiger partial charge in [-0.05, 0) is 61.7 Å². The normalized spacial score (nSPS) is 17.9. The first-order chi connectivity index (χ1) is 14.2. The Balaban J connectivity index is 1.59. The zero-order valence-electron chi connectivity index (χ0n) is 16.2. The first-order valence-electron chi connectivity index (χ1n) is 9.34. The third-order valence-corrected chi connectivity index (χ3v) is 7.94. The lowest BCUT2D eigenvalue weighted by Gasteiger charge is -2.18. The number of hydrogen-bond acceptors (Lipinski definition) is 6. The molecule has 0 bridgehead atoms. The Bertz CT molecular complexity index is 1260. The number of carbonyl (C=O) groups is 1. The molecule has 0 aliphatic carbocycles. The molecule has 2 heterocycles. The summed E-state index contributed by atoms with van der Waals surface area (Å²) in [5.74, 6) is -0.300. The second kappa shape index (κ2) is 7.53. The van der Waals surface area contributed by atoms with Crippen LogP contribution in [0.3, 0.4) is 0 Å². The molecule has 0 saturated carbocycles. The molecule has 1 fully saturated rings. The maximum absolute atomic E-state index is 12.9. The van der Waals surface area contributed by atoms with E-state index in [1.165, 1.54) is 28.6 Å². The number of aryl methyl sites for hydroxylation is 1. The van der Waals surface area contributed by atoms with E-state index in [1.807, 2.05) is 0 Å². The van der Waals surface area contributed by atoms with Crippen molar-refractivity contribution in [1.29, 1.82) is 0 Å². The van der Waals surface area contributed by atoms with Gasteiger partial charge < -0.3 is 9.50 Å². The number of fused-ring (bicyclic) bond motifs is 1. The standard InChI is InChI=1S/C20H20N2O6S2/c1-14-4-5-16(13-19(14)30(26,27)22-9-2-3-10-22)20(23)21-17-6-7-18-15(12-17)8-11-29(24,25)28-18/h4-8,11-13H,2-3,9-10H2,1H3,(H,21,23). The van der Waals surface area contributed by atoms with E-state index in [0.29, 0.717) is 29.9 Å². The number of anilines is 1. The van der Waals surface area contributed by atoms with Gasteiger partial charge in [0.25, 0.3) is 5.91 Å². The van der Waals surface area contributed by atoms with Crippen molar-refractivity contribution in [1.82, 2.24) is 4.31 Å². The van der Waals surface area contributed by atoms with Gasteiger partial charge in [0.2, 0.25) is 10.0 Å². The summed E-state index contributed by atoms with van der Waals surface area (Å²) < 4.78 is 55.1. The Labute approximate surface area is 175 Å². The molecule has 1 N–H and O–H groups in total. The van der Waals surface area contributed by atoms with Crippen LogP contribution in [0, 0.1) is 6.92 Å². The van der Waals surface area contributed by atoms with Gasteiger partial charge in [-0.1, -0.05) is 6.07 Å². The summed E-state index contributed by atoms with van der Waals surface area (Å²) in [4.78, 5) is 12.9. The molecule has 10 heteroatoms. The van der Waals surface area contributed by atoms with E-state index < -0.39 is 26.0 Å². The monoisotopic (exact) mass is 448 g/mol. The fourth-order valence-corrected chi connectivity index (χ4v) is 5.97. The van der Waals surface area contributed by atoms with Crippen LogP contribution in [0.15, 0.2) is 46.7 Å². The predicted molar refractivity (Wildman–Crippen MR) is 112 cm³/mol. The van der Waals surface area contributed by atoms with Crippen LogP contribution in [-0.4, -0.2) is 40.1 Å². The Morgan fingerprint density at radius 3 is 2.57 bits per heavy atom. The van der Waals surface area contributed by atoms with E-state index in [4.69, 9.17) is 4.18 Å². The van der Waals surface area contributed by atoms with Gasteiger partial charge in [-0.15, -0.1) is 0 Å². The summed E-state index contributed by atoms with van der Waals surface area (Å²) in [6.45, 7) is 2.67. The summed E-state index contributed by atoms with van der Waals surface area (Å²) in [5.41, 5.74) is 1.72. The molecule has 0 spiro atoms. The molecule has 2 aliphatic rings. The molecule has 2 aromatic carbocycles. The minimum Gasteiger partial charge on any atom is -0.379 e. The van der Waals surface area contributed by atoms with E-state index in [-0.39, 0.29) is 16.2 Å². The van der Waals surface area contributed by atoms with Crippen LogP contribution in [0.1, 0.15) is 34.3 Å². The quantitative estimate of drug-likeness (QED) is 0.720. The van der Waals surface area contributed by atoms with Gasteiger partial charge in [-0.2, -0.15) is 12.7 Å². The van der Waals surface area contributed by atoms with Crippen molar-refractivity contribution in [3.8, 4) is 5.75 Å². The first kappa shape index (κ1) is 20.6. The van der Waals surface area contributed by atoms with Crippen molar-refractivity contribution in [2.75, 3.05) is 18.4 Å². The molecular formula is C20H20N2O6S2. The van der Waals surface area contributed by atoms with Gasteiger partial charge in [-0.25, -0.2) is 8.42 Å². The smallest absolute Gasteiger partial charge is 0.332 e. The van der Waals surface area contributed by atoms with E-state index >= 15 is 0 Å². The summed E-state index contributed by atoms with van der Waals surface area (Å²) in [7, 11) is -7.38. The highest BCUT2D eigenvalue weighted by Crippen LogP contribution is 2.30. The molecule has 8 nitrogen and oxygen atoms in total. The third kappa shape index (κ3) is 3.98. The Hall–Kier alpha value is -2.69. The van der Waals surface area contributed by atoms with Crippen LogP contribution in [0.5, 0.6) is 5.75 Å². The summed E-state index contributed by atoms with van der Waals surface area (Å²) in [6.07, 6.45) is 3.04. The lowest BCUT2D eigenvalue weighted by atomic mass is 10.1. The Morgan fingerprint density at radius 1 is 1.10 bits per heavy atom. The van der Waals surface area contributed by atoms with Crippen LogP contribution < -0.4 is 9.50 Å². The van der Waals surface area contributed by atoms with Crippen molar-refractivity contribution in [3.05, 3.63) is 58.5 Å². The number of benzene rings is 2. The highest BCUT2D eigenvalue weighted by Gasteiger charge is 2.29. The molecular weight excluding hydrogens is 428 g/mol. The lowest BCUT2D eigenvalue weighted by molar-refractivity contribution is 0.102. The maximum Gasteiger partial charge on any atom is 0.332 e. The number of rotatable bonds is 4. The second-order valence-electron chi connectivity index (χ2n) is 7.18. The van der Waals surface area contributed by atoms with Crippen molar-refractivity contribution in [2.45, 2.75) is 24.7 Å². The molecule has 2 aromatic rings. The fraction of sp³-hybridized carbons (Fsp3) is 0.250. The zero-order valence-corrected chi connectivity index (χ0v) is 17.8. The maximum atomic E-state index is 12.9. The highest BCUT2D eigenvalue weighted by atomic mass is 32.2. The van der Waals surface area contributed by atoms with Crippen molar-refractivity contribution in [2.24, 2.45) is 0 Å². The minimum absolute atomic E-state index is 0.129. The van der Waals surface area contributed by atoms with Gasteiger partial charge in [0.05, 0.1) is 10.3 Å². The number of nitrogens with one attached hydrogen (secondary N) is 1. The average Bonchev–Trinajstić information content (AvgIpc) is 3.23. The second-order valence-corrected chi connectivity index (χ2v) is 10.5.